The fourth-order valence-electron chi connectivity index (χ4n) is 3.24. The molecule has 1 unspecified atom stereocenters. The molecule has 0 saturated carbocycles. The molecule has 0 bridgehead atoms. The molecule has 104 valence electrons. The lowest BCUT2D eigenvalue weighted by Gasteiger charge is -2.15. The lowest BCUT2D eigenvalue weighted by atomic mass is 9.92. The van der Waals surface area contributed by atoms with E-state index in [1.165, 1.54) is 33.4 Å². The maximum Gasteiger partial charge on any atom is 0.122 e. The van der Waals surface area contributed by atoms with E-state index in [9.17, 15) is 0 Å². The summed E-state index contributed by atoms with van der Waals surface area (Å²) in [6.45, 7) is 4.24. The van der Waals surface area contributed by atoms with Gasteiger partial charge in [-0.15, -0.1) is 0 Å². The summed E-state index contributed by atoms with van der Waals surface area (Å²) in [5.74, 6) is 0.954. The van der Waals surface area contributed by atoms with Crippen molar-refractivity contribution in [1.29, 1.82) is 0 Å². The van der Waals surface area contributed by atoms with E-state index in [4.69, 9.17) is 10.5 Å². The molecule has 2 nitrogen and oxygen atoms in total. The van der Waals surface area contributed by atoms with Crippen LogP contribution in [-0.2, 0) is 6.42 Å². The zero-order valence-electron chi connectivity index (χ0n) is 12.4. The van der Waals surface area contributed by atoms with Gasteiger partial charge in [-0.3, -0.25) is 0 Å². The van der Waals surface area contributed by atoms with Crippen LogP contribution >= 0.6 is 0 Å². The van der Waals surface area contributed by atoms with Crippen molar-refractivity contribution in [2.24, 2.45) is 5.73 Å². The molecule has 0 amide bonds. The molecule has 1 aliphatic carbocycles. The van der Waals surface area contributed by atoms with Crippen molar-refractivity contribution in [2.75, 3.05) is 7.11 Å². The molecule has 0 aromatic heterocycles. The van der Waals surface area contributed by atoms with Gasteiger partial charge in [-0.25, -0.2) is 0 Å². The van der Waals surface area contributed by atoms with Crippen LogP contribution in [0.4, 0.5) is 0 Å². The average molecular weight is 267 g/mol. The summed E-state index contributed by atoms with van der Waals surface area (Å²) < 4.78 is 5.41. The lowest BCUT2D eigenvalue weighted by molar-refractivity contribution is 0.411. The molecule has 1 atom stereocenters. The molecular weight excluding hydrogens is 246 g/mol. The number of hydrogen-bond donors (Lipinski definition) is 1. The fourth-order valence-corrected chi connectivity index (χ4v) is 3.24. The van der Waals surface area contributed by atoms with E-state index in [-0.39, 0.29) is 6.04 Å². The summed E-state index contributed by atoms with van der Waals surface area (Å²) in [5.41, 5.74) is 14.0. The molecular formula is C18H21NO. The lowest BCUT2D eigenvalue weighted by Crippen LogP contribution is -2.05. The predicted octanol–water partition coefficient (Wildman–Crippen LogP) is 3.93. The highest BCUT2D eigenvalue weighted by Crippen LogP contribution is 2.39. The van der Waals surface area contributed by atoms with Crippen molar-refractivity contribution < 1.29 is 4.74 Å². The molecule has 0 spiro atoms. The van der Waals surface area contributed by atoms with E-state index in [1.807, 2.05) is 0 Å². The second-order valence-corrected chi connectivity index (χ2v) is 5.66. The van der Waals surface area contributed by atoms with Gasteiger partial charge in [0.2, 0.25) is 0 Å². The number of benzene rings is 2. The molecule has 2 N–H and O–H groups in total. The van der Waals surface area contributed by atoms with Crippen LogP contribution in [0.2, 0.25) is 0 Å². The summed E-state index contributed by atoms with van der Waals surface area (Å²) >= 11 is 0. The maximum absolute atomic E-state index is 6.19. The van der Waals surface area contributed by atoms with Crippen LogP contribution in [0.5, 0.6) is 5.75 Å². The van der Waals surface area contributed by atoms with E-state index in [0.29, 0.717) is 0 Å². The number of hydrogen-bond acceptors (Lipinski definition) is 2. The van der Waals surface area contributed by atoms with Crippen LogP contribution in [0, 0.1) is 13.8 Å². The Kier molecular flexibility index (Phi) is 3.27. The third-order valence-corrected chi connectivity index (χ3v) is 4.35. The Balaban J connectivity index is 2.18. The third-order valence-electron chi connectivity index (χ3n) is 4.35. The summed E-state index contributed by atoms with van der Waals surface area (Å²) in [5, 5.41) is 0. The van der Waals surface area contributed by atoms with Crippen LogP contribution < -0.4 is 10.5 Å². The first-order valence-electron chi connectivity index (χ1n) is 7.14. The Bertz CT molecular complexity index is 661. The number of nitrogens with two attached hydrogens (primary N) is 1. The van der Waals surface area contributed by atoms with Crippen molar-refractivity contribution in [2.45, 2.75) is 32.7 Å². The molecule has 0 heterocycles. The Morgan fingerprint density at radius 2 is 1.90 bits per heavy atom. The van der Waals surface area contributed by atoms with Gasteiger partial charge in [-0.05, 0) is 72.2 Å². The van der Waals surface area contributed by atoms with Crippen LogP contribution in [-0.4, -0.2) is 7.11 Å². The zero-order valence-corrected chi connectivity index (χ0v) is 12.4. The summed E-state index contributed by atoms with van der Waals surface area (Å²) in [4.78, 5) is 0. The third kappa shape index (κ3) is 2.01. The molecule has 2 aromatic rings. The highest BCUT2D eigenvalue weighted by Gasteiger charge is 2.22. The molecule has 0 aliphatic heterocycles. The second-order valence-electron chi connectivity index (χ2n) is 5.66. The van der Waals surface area contributed by atoms with Crippen LogP contribution in [0.1, 0.15) is 34.7 Å². The van der Waals surface area contributed by atoms with E-state index in [0.717, 1.165) is 18.6 Å². The van der Waals surface area contributed by atoms with Crippen molar-refractivity contribution in [1.82, 2.24) is 0 Å². The van der Waals surface area contributed by atoms with Gasteiger partial charge in [-0.2, -0.15) is 0 Å². The Morgan fingerprint density at radius 1 is 1.10 bits per heavy atom. The Hall–Kier alpha value is -1.80. The monoisotopic (exact) mass is 267 g/mol. The molecule has 0 fully saturated rings. The number of rotatable bonds is 2. The quantitative estimate of drug-likeness (QED) is 0.895. The Morgan fingerprint density at radius 3 is 2.65 bits per heavy atom. The number of ether oxygens (including phenoxy) is 1. The number of aryl methyl sites for hydroxylation is 2. The predicted molar refractivity (Wildman–Crippen MR) is 83.2 cm³/mol. The first kappa shape index (κ1) is 13.2. The van der Waals surface area contributed by atoms with Crippen molar-refractivity contribution in [3.05, 3.63) is 52.6 Å². The standard InChI is InChI=1S/C18H21NO/c1-11-10-18(20-3)12(2)9-16(11)13-5-4-6-15-14(13)7-8-17(15)19/h4-6,9-10,17H,7-8,19H2,1-3H3. The van der Waals surface area contributed by atoms with Crippen molar-refractivity contribution in [3.8, 4) is 16.9 Å². The summed E-state index contributed by atoms with van der Waals surface area (Å²) in [6.07, 6.45) is 2.14. The molecule has 2 heteroatoms. The van der Waals surface area contributed by atoms with Gasteiger partial charge in [0.15, 0.2) is 0 Å². The van der Waals surface area contributed by atoms with E-state index in [2.05, 4.69) is 44.2 Å². The smallest absolute Gasteiger partial charge is 0.122 e. The molecule has 3 rings (SSSR count). The van der Waals surface area contributed by atoms with Crippen molar-refractivity contribution in [3.63, 3.8) is 0 Å². The summed E-state index contributed by atoms with van der Waals surface area (Å²) in [7, 11) is 1.72. The first-order valence-corrected chi connectivity index (χ1v) is 7.14. The van der Waals surface area contributed by atoms with E-state index >= 15 is 0 Å². The minimum atomic E-state index is 0.199. The van der Waals surface area contributed by atoms with Gasteiger partial charge in [-0.1, -0.05) is 18.2 Å². The van der Waals surface area contributed by atoms with Crippen LogP contribution in [0.3, 0.4) is 0 Å². The minimum Gasteiger partial charge on any atom is -0.496 e. The Labute approximate surface area is 120 Å². The molecule has 2 aromatic carbocycles. The molecule has 1 aliphatic rings. The van der Waals surface area contributed by atoms with Crippen molar-refractivity contribution >= 4 is 0 Å². The second kappa shape index (κ2) is 4.95. The normalized spacial score (nSPS) is 17.1. The molecule has 0 saturated heterocycles. The highest BCUT2D eigenvalue weighted by atomic mass is 16.5. The zero-order chi connectivity index (χ0) is 14.3. The summed E-state index contributed by atoms with van der Waals surface area (Å²) in [6, 6.07) is 11.1. The maximum atomic E-state index is 6.19. The van der Waals surface area contributed by atoms with Gasteiger partial charge in [0, 0.05) is 6.04 Å². The number of methoxy groups -OCH3 is 1. The minimum absolute atomic E-state index is 0.199. The largest absolute Gasteiger partial charge is 0.496 e. The topological polar surface area (TPSA) is 35.2 Å². The SMILES string of the molecule is COc1cc(C)c(-c2cccc3c2CCC3N)cc1C. The van der Waals surface area contributed by atoms with Gasteiger partial charge in [0.25, 0.3) is 0 Å². The average Bonchev–Trinajstić information content (AvgIpc) is 2.83. The van der Waals surface area contributed by atoms with Gasteiger partial charge in [0.05, 0.1) is 7.11 Å². The number of fused-ring (bicyclic) bond motifs is 1. The van der Waals surface area contributed by atoms with Crippen LogP contribution in [0.15, 0.2) is 30.3 Å². The van der Waals surface area contributed by atoms with Gasteiger partial charge < -0.3 is 10.5 Å². The molecule has 20 heavy (non-hydrogen) atoms. The van der Waals surface area contributed by atoms with E-state index < -0.39 is 0 Å². The molecule has 0 radical (unpaired) electrons. The van der Waals surface area contributed by atoms with E-state index in [1.54, 1.807) is 7.11 Å². The van der Waals surface area contributed by atoms with Gasteiger partial charge in [0.1, 0.15) is 5.75 Å². The highest BCUT2D eigenvalue weighted by molar-refractivity contribution is 5.74. The first-order chi connectivity index (χ1) is 9.61. The van der Waals surface area contributed by atoms with Crippen LogP contribution in [0.25, 0.3) is 11.1 Å². The fraction of sp³-hybridized carbons (Fsp3) is 0.333. The van der Waals surface area contributed by atoms with Gasteiger partial charge >= 0.3 is 0 Å².